The van der Waals surface area contributed by atoms with E-state index in [0.717, 1.165) is 10.0 Å². The average molecular weight is 417 g/mol. The first-order valence-electron chi connectivity index (χ1n) is 6.69. The zero-order valence-corrected chi connectivity index (χ0v) is 15.1. The summed E-state index contributed by atoms with van der Waals surface area (Å²) in [7, 11) is 1.56. The van der Waals surface area contributed by atoms with E-state index in [1.807, 2.05) is 24.3 Å². The van der Waals surface area contributed by atoms with Crippen LogP contribution in [0.5, 0.6) is 5.88 Å². The van der Waals surface area contributed by atoms with Crippen molar-refractivity contribution in [1.82, 2.24) is 10.5 Å². The Balaban J connectivity index is 1.95. The van der Waals surface area contributed by atoms with Gasteiger partial charge in [0, 0.05) is 10.0 Å². The number of hydroxylamine groups is 1. The fourth-order valence-electron chi connectivity index (χ4n) is 2.16. The predicted molar refractivity (Wildman–Crippen MR) is 93.3 cm³/mol. The van der Waals surface area contributed by atoms with Crippen LogP contribution in [-0.4, -0.2) is 24.5 Å². The van der Waals surface area contributed by atoms with Crippen molar-refractivity contribution < 1.29 is 9.57 Å². The summed E-state index contributed by atoms with van der Waals surface area (Å²) in [4.78, 5) is 14.5. The number of ether oxygens (including phenoxy) is 1. The summed E-state index contributed by atoms with van der Waals surface area (Å²) in [6.07, 6.45) is 0. The van der Waals surface area contributed by atoms with Crippen LogP contribution in [0.2, 0.25) is 10.0 Å². The molecule has 2 aromatic rings. The number of benzene rings is 1. The molecule has 1 aliphatic heterocycles. The van der Waals surface area contributed by atoms with Crippen LogP contribution in [0.15, 0.2) is 39.8 Å². The average Bonchev–Trinajstić information content (AvgIpc) is 2.54. The first-order chi connectivity index (χ1) is 11.1. The molecule has 1 aromatic carbocycles. The van der Waals surface area contributed by atoms with Crippen LogP contribution >= 0.6 is 39.1 Å². The van der Waals surface area contributed by atoms with E-state index in [1.165, 1.54) is 0 Å². The van der Waals surface area contributed by atoms with Crippen LogP contribution in [0.1, 0.15) is 17.3 Å². The van der Waals surface area contributed by atoms with Crippen molar-refractivity contribution in [3.05, 3.63) is 56.1 Å². The molecule has 1 atom stereocenters. The molecule has 0 saturated carbocycles. The largest absolute Gasteiger partial charge is 0.480 e. The molecule has 0 bridgehead atoms. The highest BCUT2D eigenvalue weighted by Gasteiger charge is 2.20. The Morgan fingerprint density at radius 1 is 1.26 bits per heavy atom. The minimum Gasteiger partial charge on any atom is -0.480 e. The first kappa shape index (κ1) is 16.5. The molecule has 0 radical (unpaired) electrons. The van der Waals surface area contributed by atoms with Crippen LogP contribution in [-0.2, 0) is 4.84 Å². The first-order valence-corrected chi connectivity index (χ1v) is 8.24. The second-order valence-electron chi connectivity index (χ2n) is 4.80. The molecule has 1 aromatic heterocycles. The molecule has 0 amide bonds. The normalized spacial score (nSPS) is 17.4. The number of aromatic nitrogens is 1. The lowest BCUT2D eigenvalue weighted by Crippen LogP contribution is -2.33. The maximum Gasteiger partial charge on any atom is 0.228 e. The second-order valence-corrected chi connectivity index (χ2v) is 6.52. The van der Waals surface area contributed by atoms with E-state index in [1.54, 1.807) is 13.2 Å². The van der Waals surface area contributed by atoms with Gasteiger partial charge in [0.25, 0.3) is 0 Å². The van der Waals surface area contributed by atoms with Gasteiger partial charge in [0.1, 0.15) is 18.3 Å². The summed E-state index contributed by atoms with van der Waals surface area (Å²) >= 11 is 15.5. The molecule has 0 aliphatic carbocycles. The number of hydrogen-bond donors (Lipinski definition) is 1. The number of halogens is 3. The van der Waals surface area contributed by atoms with Gasteiger partial charge < -0.3 is 4.74 Å². The van der Waals surface area contributed by atoms with Crippen molar-refractivity contribution in [2.45, 2.75) is 6.04 Å². The molecule has 2 heterocycles. The Kier molecular flexibility index (Phi) is 5.06. The van der Waals surface area contributed by atoms with Crippen molar-refractivity contribution in [2.24, 2.45) is 4.99 Å². The molecule has 1 N–H and O–H groups in total. The number of methoxy groups -OCH3 is 1. The number of rotatable bonds is 3. The SMILES string of the molecule is COc1nc(C2=NC(c3cc(Cl)cc(Cl)c3)CON2)ccc1Br. The number of aliphatic imine (C=N–C) groups is 1. The molecule has 23 heavy (non-hydrogen) atoms. The van der Waals surface area contributed by atoms with E-state index in [0.29, 0.717) is 34.1 Å². The maximum atomic E-state index is 6.06. The number of nitrogens with zero attached hydrogens (tertiary/aromatic N) is 2. The molecule has 1 unspecified atom stereocenters. The summed E-state index contributed by atoms with van der Waals surface area (Å²) < 4.78 is 5.97. The van der Waals surface area contributed by atoms with E-state index in [4.69, 9.17) is 32.8 Å². The summed E-state index contributed by atoms with van der Waals surface area (Å²) in [5.41, 5.74) is 4.28. The fraction of sp³-hybridized carbons (Fsp3) is 0.200. The maximum absolute atomic E-state index is 6.06. The highest BCUT2D eigenvalue weighted by atomic mass is 79.9. The molecular formula is C15H12BrCl2N3O2. The number of hydrogen-bond acceptors (Lipinski definition) is 5. The van der Waals surface area contributed by atoms with Crippen LogP contribution in [0, 0.1) is 0 Å². The van der Waals surface area contributed by atoms with Gasteiger partial charge in [-0.05, 0) is 51.8 Å². The summed E-state index contributed by atoms with van der Waals surface area (Å²) in [5, 5.41) is 1.12. The molecule has 120 valence electrons. The zero-order valence-electron chi connectivity index (χ0n) is 12.0. The van der Waals surface area contributed by atoms with Crippen LogP contribution < -0.4 is 10.2 Å². The van der Waals surface area contributed by atoms with Gasteiger partial charge in [0.05, 0.1) is 11.6 Å². The molecule has 1 aliphatic rings. The number of pyridine rings is 1. The Labute approximate surface area is 151 Å². The van der Waals surface area contributed by atoms with Crippen molar-refractivity contribution in [3.63, 3.8) is 0 Å². The quantitative estimate of drug-likeness (QED) is 0.815. The van der Waals surface area contributed by atoms with Gasteiger partial charge in [-0.15, -0.1) is 0 Å². The topological polar surface area (TPSA) is 55.7 Å². The molecule has 0 spiro atoms. The molecule has 0 saturated heterocycles. The van der Waals surface area contributed by atoms with E-state index in [2.05, 4.69) is 31.4 Å². The highest BCUT2D eigenvalue weighted by molar-refractivity contribution is 9.10. The minimum atomic E-state index is -0.223. The van der Waals surface area contributed by atoms with E-state index in [9.17, 15) is 0 Å². The Hall–Kier alpha value is -1.34. The van der Waals surface area contributed by atoms with Gasteiger partial charge >= 0.3 is 0 Å². The smallest absolute Gasteiger partial charge is 0.228 e. The third kappa shape index (κ3) is 3.77. The Bertz CT molecular complexity index is 750. The molecule has 5 nitrogen and oxygen atoms in total. The number of nitrogens with one attached hydrogen (secondary N) is 1. The van der Waals surface area contributed by atoms with Crippen molar-refractivity contribution in [2.75, 3.05) is 13.7 Å². The molecular weight excluding hydrogens is 405 g/mol. The monoisotopic (exact) mass is 415 g/mol. The van der Waals surface area contributed by atoms with Crippen molar-refractivity contribution in [1.29, 1.82) is 0 Å². The summed E-state index contributed by atoms with van der Waals surface area (Å²) in [5.74, 6) is 0.989. The standard InChI is InChI=1S/C15H12BrCl2N3O2/c1-22-15-11(16)2-3-12(20-15)14-19-13(7-23-21-14)8-4-9(17)6-10(18)5-8/h2-6,13H,7H2,1H3,(H,19,21). The lowest BCUT2D eigenvalue weighted by atomic mass is 10.1. The van der Waals surface area contributed by atoms with E-state index < -0.39 is 0 Å². The fourth-order valence-corrected chi connectivity index (χ4v) is 3.09. The van der Waals surface area contributed by atoms with Gasteiger partial charge in [0.15, 0.2) is 5.84 Å². The van der Waals surface area contributed by atoms with Crippen LogP contribution in [0.4, 0.5) is 0 Å². The highest BCUT2D eigenvalue weighted by Crippen LogP contribution is 2.28. The van der Waals surface area contributed by atoms with Gasteiger partial charge in [-0.1, -0.05) is 23.2 Å². The van der Waals surface area contributed by atoms with Gasteiger partial charge in [-0.25, -0.2) is 10.5 Å². The van der Waals surface area contributed by atoms with E-state index in [-0.39, 0.29) is 6.04 Å². The third-order valence-corrected chi connectivity index (χ3v) is 4.25. The summed E-state index contributed by atoms with van der Waals surface area (Å²) in [6, 6.07) is 8.76. The lowest BCUT2D eigenvalue weighted by molar-refractivity contribution is 0.0620. The van der Waals surface area contributed by atoms with Crippen LogP contribution in [0.3, 0.4) is 0 Å². The lowest BCUT2D eigenvalue weighted by Gasteiger charge is -2.22. The third-order valence-electron chi connectivity index (χ3n) is 3.21. The zero-order chi connectivity index (χ0) is 16.4. The van der Waals surface area contributed by atoms with E-state index >= 15 is 0 Å². The predicted octanol–water partition coefficient (Wildman–Crippen LogP) is 4.18. The minimum absolute atomic E-state index is 0.223. The number of amidine groups is 1. The summed E-state index contributed by atoms with van der Waals surface area (Å²) in [6.45, 7) is 0.369. The Morgan fingerprint density at radius 3 is 2.70 bits per heavy atom. The van der Waals surface area contributed by atoms with Gasteiger partial charge in [-0.2, -0.15) is 0 Å². The van der Waals surface area contributed by atoms with Crippen molar-refractivity contribution >= 4 is 45.0 Å². The van der Waals surface area contributed by atoms with Gasteiger partial charge in [0.2, 0.25) is 5.88 Å². The molecule has 0 fully saturated rings. The second kappa shape index (κ2) is 7.05. The van der Waals surface area contributed by atoms with Crippen LogP contribution in [0.25, 0.3) is 0 Å². The Morgan fingerprint density at radius 2 is 2.00 bits per heavy atom. The van der Waals surface area contributed by atoms with Crippen molar-refractivity contribution in [3.8, 4) is 5.88 Å². The molecule has 3 rings (SSSR count). The molecule has 8 heteroatoms. The van der Waals surface area contributed by atoms with Gasteiger partial charge in [-0.3, -0.25) is 9.83 Å².